The lowest BCUT2D eigenvalue weighted by Gasteiger charge is -2.30. The zero-order valence-corrected chi connectivity index (χ0v) is 11.9. The molecule has 2 N–H and O–H groups in total. The predicted molar refractivity (Wildman–Crippen MR) is 78.3 cm³/mol. The molecular weight excluding hydrogens is 236 g/mol. The van der Waals surface area contributed by atoms with E-state index in [1.54, 1.807) is 0 Å². The maximum absolute atomic E-state index is 11.6. The Morgan fingerprint density at radius 3 is 2.95 bits per heavy atom. The largest absolute Gasteiger partial charge is 0.354 e. The van der Waals surface area contributed by atoms with Gasteiger partial charge in [-0.3, -0.25) is 4.79 Å². The molecule has 1 aliphatic rings. The first-order valence-corrected chi connectivity index (χ1v) is 7.28. The lowest BCUT2D eigenvalue weighted by atomic mass is 9.77. The highest BCUT2D eigenvalue weighted by atomic mass is 16.1. The average Bonchev–Trinajstić information content (AvgIpc) is 2.38. The number of amides is 1. The molecule has 0 radical (unpaired) electrons. The van der Waals surface area contributed by atoms with E-state index in [0.29, 0.717) is 12.3 Å². The number of hydrogen-bond acceptors (Lipinski definition) is 2. The van der Waals surface area contributed by atoms with E-state index < -0.39 is 0 Å². The Bertz CT molecular complexity index is 431. The van der Waals surface area contributed by atoms with Crippen molar-refractivity contribution in [1.29, 1.82) is 0 Å². The highest BCUT2D eigenvalue weighted by Gasteiger charge is 2.24. The molecule has 0 bridgehead atoms. The number of nitrogens with one attached hydrogen (secondary N) is 2. The second-order valence-corrected chi connectivity index (χ2v) is 5.43. The minimum absolute atomic E-state index is 0.149. The van der Waals surface area contributed by atoms with E-state index in [-0.39, 0.29) is 11.9 Å². The molecule has 0 heterocycles. The van der Waals surface area contributed by atoms with Gasteiger partial charge in [0.15, 0.2) is 0 Å². The zero-order valence-electron chi connectivity index (χ0n) is 11.9. The number of carbonyl (C=O) groups excluding carboxylic acids is 1. The summed E-state index contributed by atoms with van der Waals surface area (Å²) in [6, 6.07) is 8.89. The van der Waals surface area contributed by atoms with Crippen molar-refractivity contribution in [3.63, 3.8) is 0 Å². The molecule has 1 amide bonds. The van der Waals surface area contributed by atoms with Crippen molar-refractivity contribution in [1.82, 2.24) is 10.6 Å². The molecule has 0 aromatic heterocycles. The Morgan fingerprint density at radius 2 is 2.21 bits per heavy atom. The number of fused-ring (bicyclic) bond motifs is 1. The van der Waals surface area contributed by atoms with Gasteiger partial charge in [0.25, 0.3) is 0 Å². The van der Waals surface area contributed by atoms with Crippen LogP contribution in [0.4, 0.5) is 0 Å². The molecule has 1 aromatic rings. The average molecular weight is 260 g/mol. The van der Waals surface area contributed by atoms with Gasteiger partial charge in [-0.2, -0.15) is 0 Å². The fourth-order valence-electron chi connectivity index (χ4n) is 2.47. The summed E-state index contributed by atoms with van der Waals surface area (Å²) in [7, 11) is 0. The molecule has 0 spiro atoms. The van der Waals surface area contributed by atoms with E-state index in [0.717, 1.165) is 19.5 Å². The van der Waals surface area contributed by atoms with Gasteiger partial charge >= 0.3 is 0 Å². The molecule has 2 atom stereocenters. The quantitative estimate of drug-likeness (QED) is 0.738. The van der Waals surface area contributed by atoms with Crippen LogP contribution in [0.5, 0.6) is 0 Å². The van der Waals surface area contributed by atoms with Gasteiger partial charge in [0, 0.05) is 31.5 Å². The van der Waals surface area contributed by atoms with E-state index in [4.69, 9.17) is 0 Å². The molecule has 0 aliphatic heterocycles. The summed E-state index contributed by atoms with van der Waals surface area (Å²) in [6.07, 6.45) is 2.72. The summed E-state index contributed by atoms with van der Waals surface area (Å²) in [5, 5.41) is 6.37. The van der Waals surface area contributed by atoms with Gasteiger partial charge in [-0.15, -0.1) is 0 Å². The van der Waals surface area contributed by atoms with Crippen LogP contribution >= 0.6 is 0 Å². The Hall–Kier alpha value is -1.35. The molecule has 1 aliphatic carbocycles. The summed E-state index contributed by atoms with van der Waals surface area (Å²) in [4.78, 5) is 11.6. The van der Waals surface area contributed by atoms with Crippen molar-refractivity contribution < 1.29 is 4.79 Å². The van der Waals surface area contributed by atoms with E-state index in [1.165, 1.54) is 17.5 Å². The maximum Gasteiger partial charge on any atom is 0.221 e. The normalized spacial score (nSPS) is 18.3. The third kappa shape index (κ3) is 3.80. The standard InChI is InChI=1S/C16H24N2O/c1-3-12(2)18-16(19)8-9-17-11-14-10-13-6-4-5-7-15(13)14/h4-7,12,14,17H,3,8-11H2,1-2H3,(H,18,19). The molecule has 2 rings (SSSR count). The Balaban J connectivity index is 1.60. The minimum atomic E-state index is 0.149. The van der Waals surface area contributed by atoms with Crippen LogP contribution in [0.3, 0.4) is 0 Å². The smallest absolute Gasteiger partial charge is 0.221 e. The van der Waals surface area contributed by atoms with E-state index in [2.05, 4.69) is 41.8 Å². The molecule has 104 valence electrons. The number of hydrogen-bond donors (Lipinski definition) is 2. The maximum atomic E-state index is 11.6. The van der Waals surface area contributed by atoms with Crippen LogP contribution in [0.15, 0.2) is 24.3 Å². The van der Waals surface area contributed by atoms with Crippen molar-refractivity contribution in [3.05, 3.63) is 35.4 Å². The third-order valence-corrected chi connectivity index (χ3v) is 3.90. The fraction of sp³-hybridized carbons (Fsp3) is 0.562. The van der Waals surface area contributed by atoms with E-state index in [1.807, 2.05) is 6.92 Å². The Labute approximate surface area is 115 Å². The summed E-state index contributed by atoms with van der Waals surface area (Å²) in [5.74, 6) is 0.782. The van der Waals surface area contributed by atoms with Gasteiger partial charge in [-0.05, 0) is 30.9 Å². The van der Waals surface area contributed by atoms with Gasteiger partial charge in [0.1, 0.15) is 0 Å². The second-order valence-electron chi connectivity index (χ2n) is 5.43. The molecule has 1 aromatic carbocycles. The lowest BCUT2D eigenvalue weighted by molar-refractivity contribution is -0.121. The third-order valence-electron chi connectivity index (χ3n) is 3.90. The molecule has 2 unspecified atom stereocenters. The highest BCUT2D eigenvalue weighted by Crippen LogP contribution is 2.33. The molecule has 0 saturated heterocycles. The van der Waals surface area contributed by atoms with Crippen molar-refractivity contribution in [2.45, 2.75) is 45.1 Å². The van der Waals surface area contributed by atoms with Crippen LogP contribution in [-0.2, 0) is 11.2 Å². The predicted octanol–water partition coefficient (Wildman–Crippen LogP) is 2.22. The highest BCUT2D eigenvalue weighted by molar-refractivity contribution is 5.76. The van der Waals surface area contributed by atoms with Crippen molar-refractivity contribution >= 4 is 5.91 Å². The number of rotatable bonds is 7. The molecular formula is C16H24N2O. The molecule has 19 heavy (non-hydrogen) atoms. The van der Waals surface area contributed by atoms with Gasteiger partial charge < -0.3 is 10.6 Å². The first-order chi connectivity index (χ1) is 9.20. The van der Waals surface area contributed by atoms with Gasteiger partial charge in [-0.25, -0.2) is 0 Å². The molecule has 3 nitrogen and oxygen atoms in total. The minimum Gasteiger partial charge on any atom is -0.354 e. The van der Waals surface area contributed by atoms with Crippen LogP contribution in [0, 0.1) is 0 Å². The second kappa shape index (κ2) is 6.71. The van der Waals surface area contributed by atoms with Crippen LogP contribution in [0.25, 0.3) is 0 Å². The van der Waals surface area contributed by atoms with Crippen LogP contribution in [-0.4, -0.2) is 25.0 Å². The fourth-order valence-corrected chi connectivity index (χ4v) is 2.47. The summed E-state index contributed by atoms with van der Waals surface area (Å²) in [5.41, 5.74) is 2.95. The Morgan fingerprint density at radius 1 is 1.42 bits per heavy atom. The molecule has 0 fully saturated rings. The Kier molecular flexibility index (Phi) is 4.97. The summed E-state index contributed by atoms with van der Waals surface area (Å²) < 4.78 is 0. The first-order valence-electron chi connectivity index (χ1n) is 7.28. The summed E-state index contributed by atoms with van der Waals surface area (Å²) >= 11 is 0. The van der Waals surface area contributed by atoms with Crippen LogP contribution in [0.2, 0.25) is 0 Å². The topological polar surface area (TPSA) is 41.1 Å². The van der Waals surface area contributed by atoms with Gasteiger partial charge in [-0.1, -0.05) is 31.2 Å². The van der Waals surface area contributed by atoms with Crippen LogP contribution < -0.4 is 10.6 Å². The van der Waals surface area contributed by atoms with Gasteiger partial charge in [0.05, 0.1) is 0 Å². The van der Waals surface area contributed by atoms with Gasteiger partial charge in [0.2, 0.25) is 5.91 Å². The molecule has 3 heteroatoms. The van der Waals surface area contributed by atoms with Crippen molar-refractivity contribution in [2.24, 2.45) is 0 Å². The zero-order chi connectivity index (χ0) is 13.7. The molecule has 0 saturated carbocycles. The summed E-state index contributed by atoms with van der Waals surface area (Å²) in [6.45, 7) is 5.86. The van der Waals surface area contributed by atoms with E-state index >= 15 is 0 Å². The van der Waals surface area contributed by atoms with Crippen LogP contribution in [0.1, 0.15) is 43.7 Å². The monoisotopic (exact) mass is 260 g/mol. The van der Waals surface area contributed by atoms with Crippen molar-refractivity contribution in [2.75, 3.05) is 13.1 Å². The lowest BCUT2D eigenvalue weighted by Crippen LogP contribution is -2.35. The first kappa shape index (κ1) is 14.1. The van der Waals surface area contributed by atoms with E-state index in [9.17, 15) is 4.79 Å². The van der Waals surface area contributed by atoms with Crippen molar-refractivity contribution in [3.8, 4) is 0 Å². The SMILES string of the molecule is CCC(C)NC(=O)CCNCC1Cc2ccccc21. The number of benzene rings is 1. The number of carbonyl (C=O) groups is 1.